The van der Waals surface area contributed by atoms with E-state index < -0.39 is 5.54 Å². The molecule has 0 aromatic rings. The number of halogens is 1. The van der Waals surface area contributed by atoms with E-state index in [0.29, 0.717) is 6.42 Å². The molecule has 0 aliphatic heterocycles. The van der Waals surface area contributed by atoms with Crippen LogP contribution in [-0.4, -0.2) is 42.1 Å². The van der Waals surface area contributed by atoms with Crippen LogP contribution in [0.25, 0.3) is 0 Å². The number of aliphatic hydroxyl groups excluding tert-OH is 2. The molecule has 5 N–H and O–H groups in total. The van der Waals surface area contributed by atoms with Crippen molar-refractivity contribution in [1.82, 2.24) is 5.32 Å². The molecule has 0 aromatic carbocycles. The van der Waals surface area contributed by atoms with Gasteiger partial charge in [0.1, 0.15) is 0 Å². The highest BCUT2D eigenvalue weighted by Gasteiger charge is 2.21. The maximum absolute atomic E-state index is 9.06. The lowest BCUT2D eigenvalue weighted by Gasteiger charge is -2.24. The standard InChI is InChI=1S/C17H38N2O2.ClH/c1-2-3-4-5-6-7-8-9-10-11-13-19-14-12-17(18,15-20)16-21;/h19-21H,2-16,18H2,1H3;1H. The number of unbranched alkanes of at least 4 members (excludes halogenated alkanes) is 9. The summed E-state index contributed by atoms with van der Waals surface area (Å²) in [5.41, 5.74) is 4.97. The third-order valence-electron chi connectivity index (χ3n) is 4.14. The summed E-state index contributed by atoms with van der Waals surface area (Å²) in [5.74, 6) is 0. The predicted octanol–water partition coefficient (Wildman–Crippen LogP) is 2.99. The van der Waals surface area contributed by atoms with Gasteiger partial charge in [-0.05, 0) is 25.9 Å². The van der Waals surface area contributed by atoms with Crippen molar-refractivity contribution in [3.05, 3.63) is 0 Å². The summed E-state index contributed by atoms with van der Waals surface area (Å²) in [5, 5.41) is 21.5. The Morgan fingerprint density at radius 3 is 1.68 bits per heavy atom. The highest BCUT2D eigenvalue weighted by molar-refractivity contribution is 5.85. The van der Waals surface area contributed by atoms with E-state index in [4.69, 9.17) is 15.9 Å². The molecule has 0 aliphatic rings. The Hall–Kier alpha value is 0.130. The van der Waals surface area contributed by atoms with Crippen molar-refractivity contribution in [2.75, 3.05) is 26.3 Å². The van der Waals surface area contributed by atoms with Gasteiger partial charge in [-0.2, -0.15) is 0 Å². The SMILES string of the molecule is CCCCCCCCCCCCNCCC(N)(CO)CO.Cl. The normalized spacial score (nSPS) is 11.5. The summed E-state index contributed by atoms with van der Waals surface area (Å²) in [6, 6.07) is 0. The van der Waals surface area contributed by atoms with Crippen molar-refractivity contribution in [3.8, 4) is 0 Å². The summed E-state index contributed by atoms with van der Waals surface area (Å²) >= 11 is 0. The van der Waals surface area contributed by atoms with Crippen LogP contribution < -0.4 is 11.1 Å². The second-order valence-corrected chi connectivity index (χ2v) is 6.36. The fourth-order valence-corrected chi connectivity index (χ4v) is 2.41. The molecule has 0 atom stereocenters. The largest absolute Gasteiger partial charge is 0.394 e. The molecular weight excluding hydrogens is 300 g/mol. The lowest BCUT2D eigenvalue weighted by molar-refractivity contribution is 0.114. The minimum atomic E-state index is -0.829. The minimum Gasteiger partial charge on any atom is -0.394 e. The van der Waals surface area contributed by atoms with Gasteiger partial charge in [-0.3, -0.25) is 0 Å². The molecule has 136 valence electrons. The molecule has 0 bridgehead atoms. The molecule has 0 heterocycles. The van der Waals surface area contributed by atoms with E-state index in [0.717, 1.165) is 13.1 Å². The van der Waals surface area contributed by atoms with Crippen molar-refractivity contribution < 1.29 is 10.2 Å². The van der Waals surface area contributed by atoms with E-state index in [9.17, 15) is 0 Å². The number of nitrogens with one attached hydrogen (secondary N) is 1. The van der Waals surface area contributed by atoms with Gasteiger partial charge in [0.15, 0.2) is 0 Å². The zero-order chi connectivity index (χ0) is 15.8. The maximum Gasteiger partial charge on any atom is 0.0635 e. The van der Waals surface area contributed by atoms with Gasteiger partial charge in [0, 0.05) is 0 Å². The van der Waals surface area contributed by atoms with Crippen molar-refractivity contribution in [2.45, 2.75) is 83.1 Å². The first-order valence-corrected chi connectivity index (χ1v) is 8.90. The van der Waals surface area contributed by atoms with Crippen LogP contribution in [0.15, 0.2) is 0 Å². The molecule has 0 rings (SSSR count). The average Bonchev–Trinajstić information content (AvgIpc) is 2.51. The highest BCUT2D eigenvalue weighted by atomic mass is 35.5. The molecule has 0 unspecified atom stereocenters. The van der Waals surface area contributed by atoms with Crippen LogP contribution in [-0.2, 0) is 0 Å². The Kier molecular flexibility index (Phi) is 19.4. The fraction of sp³-hybridized carbons (Fsp3) is 1.00. The van der Waals surface area contributed by atoms with Gasteiger partial charge in [0.2, 0.25) is 0 Å². The van der Waals surface area contributed by atoms with Gasteiger partial charge >= 0.3 is 0 Å². The van der Waals surface area contributed by atoms with Gasteiger partial charge in [0.25, 0.3) is 0 Å². The van der Waals surface area contributed by atoms with Crippen LogP contribution >= 0.6 is 12.4 Å². The van der Waals surface area contributed by atoms with Crippen molar-refractivity contribution in [1.29, 1.82) is 0 Å². The van der Waals surface area contributed by atoms with Crippen molar-refractivity contribution in [3.63, 3.8) is 0 Å². The number of rotatable bonds is 16. The fourth-order valence-electron chi connectivity index (χ4n) is 2.41. The van der Waals surface area contributed by atoms with Gasteiger partial charge in [-0.15, -0.1) is 12.4 Å². The van der Waals surface area contributed by atoms with E-state index in [2.05, 4.69) is 12.2 Å². The topological polar surface area (TPSA) is 78.5 Å². The first-order valence-electron chi connectivity index (χ1n) is 8.90. The molecule has 0 saturated carbocycles. The predicted molar refractivity (Wildman–Crippen MR) is 97.7 cm³/mol. The molecular formula is C17H39ClN2O2. The Morgan fingerprint density at radius 2 is 1.23 bits per heavy atom. The van der Waals surface area contributed by atoms with Crippen LogP contribution in [0.4, 0.5) is 0 Å². The van der Waals surface area contributed by atoms with E-state index in [1.165, 1.54) is 64.2 Å². The van der Waals surface area contributed by atoms with Gasteiger partial charge < -0.3 is 21.3 Å². The molecule has 0 fully saturated rings. The monoisotopic (exact) mass is 338 g/mol. The van der Waals surface area contributed by atoms with E-state index in [-0.39, 0.29) is 25.6 Å². The second kappa shape index (κ2) is 17.5. The van der Waals surface area contributed by atoms with Crippen molar-refractivity contribution in [2.24, 2.45) is 5.73 Å². The molecule has 0 aliphatic carbocycles. The van der Waals surface area contributed by atoms with Crippen LogP contribution in [0, 0.1) is 0 Å². The van der Waals surface area contributed by atoms with Crippen LogP contribution in [0.2, 0.25) is 0 Å². The second-order valence-electron chi connectivity index (χ2n) is 6.36. The molecule has 0 saturated heterocycles. The molecule has 4 nitrogen and oxygen atoms in total. The summed E-state index contributed by atoms with van der Waals surface area (Å²) in [4.78, 5) is 0. The summed E-state index contributed by atoms with van der Waals surface area (Å²) in [7, 11) is 0. The molecule has 0 radical (unpaired) electrons. The average molecular weight is 339 g/mol. The van der Waals surface area contributed by atoms with Gasteiger partial charge in [0.05, 0.1) is 18.8 Å². The Bertz CT molecular complexity index is 215. The van der Waals surface area contributed by atoms with Crippen molar-refractivity contribution >= 4 is 12.4 Å². The smallest absolute Gasteiger partial charge is 0.0635 e. The first kappa shape index (κ1) is 24.4. The zero-order valence-electron chi connectivity index (χ0n) is 14.5. The lowest BCUT2D eigenvalue weighted by Crippen LogP contribution is -2.49. The number of nitrogens with two attached hydrogens (primary N) is 1. The minimum absolute atomic E-state index is 0. The Balaban J connectivity index is 0. The molecule has 0 aromatic heterocycles. The number of hydrogen-bond donors (Lipinski definition) is 4. The number of hydrogen-bond acceptors (Lipinski definition) is 4. The van der Waals surface area contributed by atoms with E-state index in [1.807, 2.05) is 0 Å². The third-order valence-corrected chi connectivity index (χ3v) is 4.14. The summed E-state index contributed by atoms with van der Waals surface area (Å²) in [6.07, 6.45) is 14.1. The van der Waals surface area contributed by atoms with Gasteiger partial charge in [-0.1, -0.05) is 64.7 Å². The molecule has 0 spiro atoms. The first-order chi connectivity index (χ1) is 10.2. The van der Waals surface area contributed by atoms with E-state index in [1.54, 1.807) is 0 Å². The molecule has 0 amide bonds. The third kappa shape index (κ3) is 15.0. The van der Waals surface area contributed by atoms with E-state index >= 15 is 0 Å². The number of aliphatic hydroxyl groups is 2. The summed E-state index contributed by atoms with van der Waals surface area (Å²) < 4.78 is 0. The summed E-state index contributed by atoms with van der Waals surface area (Å²) in [6.45, 7) is 3.69. The Morgan fingerprint density at radius 1 is 0.773 bits per heavy atom. The van der Waals surface area contributed by atoms with Crippen LogP contribution in [0.5, 0.6) is 0 Å². The maximum atomic E-state index is 9.06. The lowest BCUT2D eigenvalue weighted by atomic mass is 9.99. The quantitative estimate of drug-likeness (QED) is 0.326. The molecule has 5 heteroatoms. The Labute approximate surface area is 143 Å². The highest BCUT2D eigenvalue weighted by Crippen LogP contribution is 2.10. The molecule has 22 heavy (non-hydrogen) atoms. The van der Waals surface area contributed by atoms with Crippen LogP contribution in [0.3, 0.4) is 0 Å². The zero-order valence-corrected chi connectivity index (χ0v) is 15.3. The van der Waals surface area contributed by atoms with Gasteiger partial charge in [-0.25, -0.2) is 0 Å². The van der Waals surface area contributed by atoms with Crippen LogP contribution in [0.1, 0.15) is 77.6 Å².